The summed E-state index contributed by atoms with van der Waals surface area (Å²) in [6.07, 6.45) is 0. The molecule has 0 fully saturated rings. The number of aromatic nitrogens is 7. The van der Waals surface area contributed by atoms with Crippen molar-refractivity contribution in [2.75, 3.05) is 19.0 Å². The average molecular weight is 362 g/mol. The van der Waals surface area contributed by atoms with Gasteiger partial charge in [0.25, 0.3) is 0 Å². The predicted molar refractivity (Wildman–Crippen MR) is 93.6 cm³/mol. The largest absolute Gasteiger partial charge is 0.347 e. The molecule has 0 aliphatic rings. The molecule has 126 valence electrons. The Balaban J connectivity index is 1.87. The molecule has 0 bridgehead atoms. The van der Waals surface area contributed by atoms with Gasteiger partial charge in [-0.2, -0.15) is 9.97 Å². The van der Waals surface area contributed by atoms with Crippen LogP contribution in [0.4, 0.5) is 5.95 Å². The Labute approximate surface area is 148 Å². The van der Waals surface area contributed by atoms with E-state index >= 15 is 0 Å². The van der Waals surface area contributed by atoms with Crippen LogP contribution >= 0.6 is 23.1 Å². The van der Waals surface area contributed by atoms with Gasteiger partial charge in [0, 0.05) is 24.9 Å². The summed E-state index contributed by atoms with van der Waals surface area (Å²) < 4.78 is 1.75. The Hall–Kier alpha value is -2.07. The summed E-state index contributed by atoms with van der Waals surface area (Å²) in [5, 5.41) is 15.2. The maximum atomic E-state index is 4.54. The molecule has 0 saturated carbocycles. The van der Waals surface area contributed by atoms with Gasteiger partial charge in [0.2, 0.25) is 16.3 Å². The zero-order valence-electron chi connectivity index (χ0n) is 13.9. The Morgan fingerprint density at radius 3 is 2.75 bits per heavy atom. The van der Waals surface area contributed by atoms with Crippen molar-refractivity contribution < 1.29 is 0 Å². The van der Waals surface area contributed by atoms with Crippen LogP contribution in [0.2, 0.25) is 0 Å². The molecule has 0 aliphatic heterocycles. The van der Waals surface area contributed by atoms with Gasteiger partial charge in [-0.1, -0.05) is 19.9 Å². The van der Waals surface area contributed by atoms with Gasteiger partial charge < -0.3 is 4.90 Å². The van der Waals surface area contributed by atoms with E-state index in [0.29, 0.717) is 22.8 Å². The van der Waals surface area contributed by atoms with E-state index in [4.69, 9.17) is 0 Å². The van der Waals surface area contributed by atoms with Crippen LogP contribution in [0.5, 0.6) is 0 Å². The van der Waals surface area contributed by atoms with E-state index in [1.807, 2.05) is 30.4 Å². The number of nitrogens with zero attached hydrogens (tertiary/aromatic N) is 8. The number of hydrogen-bond donors (Lipinski definition) is 0. The highest BCUT2D eigenvalue weighted by molar-refractivity contribution is 7.99. The Bertz CT molecular complexity index is 771. The van der Waals surface area contributed by atoms with Crippen LogP contribution in [0.15, 0.2) is 27.8 Å². The minimum absolute atomic E-state index is 0.216. The molecule has 0 radical (unpaired) electrons. The van der Waals surface area contributed by atoms with Crippen LogP contribution in [0.1, 0.15) is 30.5 Å². The van der Waals surface area contributed by atoms with Crippen LogP contribution in [0, 0.1) is 0 Å². The zero-order chi connectivity index (χ0) is 17.1. The third-order valence-corrected chi connectivity index (χ3v) is 4.81. The second-order valence-electron chi connectivity index (χ2n) is 5.63. The fraction of sp³-hybridized carbons (Fsp3) is 0.429. The summed E-state index contributed by atoms with van der Waals surface area (Å²) in [6, 6.07) is 4.08. The van der Waals surface area contributed by atoms with E-state index in [1.54, 1.807) is 16.0 Å². The maximum absolute atomic E-state index is 4.54. The van der Waals surface area contributed by atoms with Gasteiger partial charge in [0.05, 0.1) is 6.54 Å². The fourth-order valence-electron chi connectivity index (χ4n) is 1.87. The highest BCUT2D eigenvalue weighted by Gasteiger charge is 2.15. The normalized spacial score (nSPS) is 11.2. The number of tetrazole rings is 1. The van der Waals surface area contributed by atoms with Crippen molar-refractivity contribution in [3.05, 3.63) is 28.2 Å². The topological polar surface area (TPSA) is 85.5 Å². The van der Waals surface area contributed by atoms with Crippen LogP contribution in [0.25, 0.3) is 0 Å². The van der Waals surface area contributed by atoms with Crippen molar-refractivity contribution in [2.24, 2.45) is 0 Å². The molecule has 3 aromatic rings. The zero-order valence-corrected chi connectivity index (χ0v) is 15.5. The van der Waals surface area contributed by atoms with Crippen molar-refractivity contribution in [2.45, 2.75) is 36.6 Å². The highest BCUT2D eigenvalue weighted by atomic mass is 32.2. The molecule has 24 heavy (non-hydrogen) atoms. The van der Waals surface area contributed by atoms with Crippen LogP contribution < -0.4 is 4.90 Å². The molecule has 3 heterocycles. The first kappa shape index (κ1) is 16.8. The molecule has 3 aromatic heterocycles. The van der Waals surface area contributed by atoms with Crippen molar-refractivity contribution in [1.29, 1.82) is 0 Å². The van der Waals surface area contributed by atoms with Gasteiger partial charge in [0.15, 0.2) is 0 Å². The molecule has 3 rings (SSSR count). The molecule has 0 spiro atoms. The lowest BCUT2D eigenvalue weighted by atomic mass is 10.2. The number of anilines is 1. The predicted octanol–water partition coefficient (Wildman–Crippen LogP) is 2.31. The minimum atomic E-state index is 0.216. The molecular weight excluding hydrogens is 344 g/mol. The van der Waals surface area contributed by atoms with Crippen molar-refractivity contribution in [1.82, 2.24) is 35.2 Å². The smallest absolute Gasteiger partial charge is 0.229 e. The molecule has 0 atom stereocenters. The third-order valence-electron chi connectivity index (χ3n) is 3.10. The second kappa shape index (κ2) is 7.22. The number of rotatable bonds is 6. The van der Waals surface area contributed by atoms with Crippen molar-refractivity contribution in [3.63, 3.8) is 0 Å². The van der Waals surface area contributed by atoms with E-state index in [0.717, 1.165) is 5.82 Å². The average Bonchev–Trinajstić information content (AvgIpc) is 3.20. The first-order chi connectivity index (χ1) is 11.5. The first-order valence-corrected chi connectivity index (χ1v) is 9.12. The Morgan fingerprint density at radius 1 is 1.25 bits per heavy atom. The maximum Gasteiger partial charge on any atom is 0.229 e. The van der Waals surface area contributed by atoms with Gasteiger partial charge in [-0.15, -0.1) is 16.4 Å². The van der Waals surface area contributed by atoms with Crippen molar-refractivity contribution in [3.8, 4) is 0 Å². The molecule has 0 N–H and O–H groups in total. The lowest BCUT2D eigenvalue weighted by Gasteiger charge is -2.13. The summed E-state index contributed by atoms with van der Waals surface area (Å²) in [5.41, 5.74) is 0. The molecule has 8 nitrogen and oxygen atoms in total. The van der Waals surface area contributed by atoms with Gasteiger partial charge in [0.1, 0.15) is 5.82 Å². The molecule has 10 heteroatoms. The lowest BCUT2D eigenvalue weighted by molar-refractivity contribution is 0.607. The van der Waals surface area contributed by atoms with E-state index in [1.165, 1.54) is 16.6 Å². The van der Waals surface area contributed by atoms with Gasteiger partial charge in [-0.05, 0) is 33.6 Å². The number of hydrogen-bond acceptors (Lipinski definition) is 9. The van der Waals surface area contributed by atoms with Crippen LogP contribution in [-0.4, -0.2) is 49.3 Å². The summed E-state index contributed by atoms with van der Waals surface area (Å²) in [4.78, 5) is 16.6. The quantitative estimate of drug-likeness (QED) is 0.660. The number of thiophene rings is 1. The van der Waals surface area contributed by atoms with E-state index in [-0.39, 0.29) is 5.92 Å². The summed E-state index contributed by atoms with van der Waals surface area (Å²) in [6.45, 7) is 4.75. The summed E-state index contributed by atoms with van der Waals surface area (Å²) >= 11 is 3.02. The van der Waals surface area contributed by atoms with Gasteiger partial charge in [-0.3, -0.25) is 0 Å². The fourth-order valence-corrected chi connectivity index (χ4v) is 3.26. The van der Waals surface area contributed by atoms with E-state index < -0.39 is 0 Å². The van der Waals surface area contributed by atoms with Crippen LogP contribution in [0.3, 0.4) is 0 Å². The summed E-state index contributed by atoms with van der Waals surface area (Å²) in [5.74, 6) is 1.61. The molecule has 0 amide bonds. The molecule has 0 aromatic carbocycles. The van der Waals surface area contributed by atoms with Crippen LogP contribution in [-0.2, 0) is 6.54 Å². The monoisotopic (exact) mass is 362 g/mol. The Kier molecular flexibility index (Phi) is 5.05. The minimum Gasteiger partial charge on any atom is -0.347 e. The van der Waals surface area contributed by atoms with E-state index in [2.05, 4.69) is 50.4 Å². The van der Waals surface area contributed by atoms with E-state index in [9.17, 15) is 0 Å². The first-order valence-electron chi connectivity index (χ1n) is 7.42. The molecule has 0 aliphatic carbocycles. The molecule has 0 saturated heterocycles. The third kappa shape index (κ3) is 3.88. The SMILES string of the molecule is CC(C)c1nc(Sc2nnnn2Cc2cccs2)nc(N(C)C)n1. The molecule has 0 unspecified atom stereocenters. The Morgan fingerprint density at radius 2 is 2.08 bits per heavy atom. The van der Waals surface area contributed by atoms with Crippen molar-refractivity contribution >= 4 is 29.0 Å². The van der Waals surface area contributed by atoms with Gasteiger partial charge in [-0.25, -0.2) is 9.67 Å². The lowest BCUT2D eigenvalue weighted by Crippen LogP contribution is -2.16. The standard InChI is InChI=1S/C14H18N8S2/c1-9(2)11-15-12(21(3)4)17-13(16-11)24-14-18-19-20-22(14)8-10-6-5-7-23-10/h5-7,9H,8H2,1-4H3. The van der Waals surface area contributed by atoms with Gasteiger partial charge >= 0.3 is 0 Å². The molecular formula is C14H18N8S2. The highest BCUT2D eigenvalue weighted by Crippen LogP contribution is 2.25. The second-order valence-corrected chi connectivity index (χ2v) is 7.59. The summed E-state index contributed by atoms with van der Waals surface area (Å²) in [7, 11) is 3.82.